The van der Waals surface area contributed by atoms with Crippen molar-refractivity contribution in [1.82, 2.24) is 30.7 Å². The molecule has 18 nitrogen and oxygen atoms in total. The quantitative estimate of drug-likeness (QED) is 0.0346. The molecule has 1 unspecified atom stereocenters. The van der Waals surface area contributed by atoms with E-state index in [0.29, 0.717) is 109 Å². The number of likely N-dealkylation sites (N-methyl/N-ethyl adjacent to an activating group) is 1. The Balaban J connectivity index is 0.662. The number of hydrogen-bond acceptors (Lipinski definition) is 14. The molecule has 458 valence electrons. The number of pyridine rings is 1. The minimum atomic E-state index is -0.477. The minimum Gasteiger partial charge on any atom is -0.491 e. The summed E-state index contributed by atoms with van der Waals surface area (Å²) in [5.74, 6) is 1.43. The molecule has 4 aromatic rings. The van der Waals surface area contributed by atoms with Gasteiger partial charge in [0.25, 0.3) is 11.5 Å². The molecule has 4 aliphatic rings. The number of aromatic nitrogens is 1. The van der Waals surface area contributed by atoms with Crippen molar-refractivity contribution in [2.75, 3.05) is 124 Å². The maximum atomic E-state index is 14.2. The number of ether oxygens (including phenoxy) is 7. The first-order valence-electron chi connectivity index (χ1n) is 30.9. The molecule has 2 fully saturated rings. The molecule has 4 heterocycles. The SMILES string of the molecule is CCN(c1cc(-c2ccc(OCCOCCOCCOCCOCCOc3ccc(CCN4CCC5=C(C4)N(C(=O)C(NC(=O)[C@H](C)NC)C4CCCCC4)CC5)cc3)cc2)cc(C(=O)NCc2c(C)cc(C)[nH]c2=O)c1C)C1CCOCC1. The molecule has 2 atom stereocenters. The zero-order valence-electron chi connectivity index (χ0n) is 50.8. The van der Waals surface area contributed by atoms with Crippen LogP contribution < -0.4 is 35.9 Å². The van der Waals surface area contributed by atoms with E-state index < -0.39 is 6.04 Å². The fraction of sp³-hybridized carbons (Fsp3) is 0.576. The van der Waals surface area contributed by atoms with Crippen molar-refractivity contribution in [3.05, 3.63) is 122 Å². The van der Waals surface area contributed by atoms with Crippen LogP contribution in [0.5, 0.6) is 11.5 Å². The second kappa shape index (κ2) is 33.0. The number of carbonyl (C=O) groups is 3. The van der Waals surface area contributed by atoms with E-state index >= 15 is 0 Å². The Kier molecular flexibility index (Phi) is 25.1. The maximum absolute atomic E-state index is 14.2. The molecule has 1 saturated carbocycles. The van der Waals surface area contributed by atoms with E-state index in [1.165, 1.54) is 17.6 Å². The Hall–Kier alpha value is -6.12. The fourth-order valence-corrected chi connectivity index (χ4v) is 12.0. The van der Waals surface area contributed by atoms with Gasteiger partial charge in [-0.15, -0.1) is 0 Å². The normalized spacial score (nSPS) is 16.8. The van der Waals surface area contributed by atoms with Crippen molar-refractivity contribution in [1.29, 1.82) is 0 Å². The molecule has 1 saturated heterocycles. The lowest BCUT2D eigenvalue weighted by atomic mass is 9.83. The second-order valence-electron chi connectivity index (χ2n) is 22.7. The van der Waals surface area contributed by atoms with Gasteiger partial charge in [-0.1, -0.05) is 43.5 Å². The number of aromatic amines is 1. The Bertz CT molecular complexity index is 2830. The molecular weight excluding hydrogens is 1070 g/mol. The van der Waals surface area contributed by atoms with Crippen LogP contribution >= 0.6 is 0 Å². The Morgan fingerprint density at radius 1 is 0.750 bits per heavy atom. The summed E-state index contributed by atoms with van der Waals surface area (Å²) in [6.07, 6.45) is 10.0. The van der Waals surface area contributed by atoms with Gasteiger partial charge >= 0.3 is 0 Å². The van der Waals surface area contributed by atoms with Gasteiger partial charge in [-0.25, -0.2) is 0 Å². The number of rotatable bonds is 32. The van der Waals surface area contributed by atoms with E-state index in [1.807, 2.05) is 81.1 Å². The zero-order chi connectivity index (χ0) is 59.2. The third-order valence-electron chi connectivity index (χ3n) is 17.0. The molecule has 3 aromatic carbocycles. The van der Waals surface area contributed by atoms with E-state index in [1.54, 1.807) is 7.05 Å². The van der Waals surface area contributed by atoms with Gasteiger partial charge in [0.15, 0.2) is 0 Å². The number of nitrogens with one attached hydrogen (secondary N) is 4. The molecule has 0 bridgehead atoms. The van der Waals surface area contributed by atoms with Crippen molar-refractivity contribution in [3.63, 3.8) is 0 Å². The molecule has 3 amide bonds. The van der Waals surface area contributed by atoms with Gasteiger partial charge < -0.3 is 63.9 Å². The first-order valence-corrected chi connectivity index (χ1v) is 30.9. The molecule has 0 radical (unpaired) electrons. The molecule has 3 aliphatic heterocycles. The number of H-pyrrole nitrogens is 1. The lowest BCUT2D eigenvalue weighted by Crippen LogP contribution is -2.55. The number of amides is 3. The summed E-state index contributed by atoms with van der Waals surface area (Å²) >= 11 is 0. The number of carbonyl (C=O) groups excluding carboxylic acids is 3. The Labute approximate surface area is 497 Å². The molecule has 1 aliphatic carbocycles. The zero-order valence-corrected chi connectivity index (χ0v) is 50.8. The van der Waals surface area contributed by atoms with Gasteiger partial charge in [-0.05, 0) is 168 Å². The van der Waals surface area contributed by atoms with E-state index in [9.17, 15) is 19.2 Å². The van der Waals surface area contributed by atoms with Gasteiger partial charge in [0.1, 0.15) is 30.8 Å². The number of benzene rings is 3. The first-order chi connectivity index (χ1) is 40.9. The monoisotopic (exact) mass is 1160 g/mol. The molecule has 84 heavy (non-hydrogen) atoms. The summed E-state index contributed by atoms with van der Waals surface area (Å²) in [5.41, 5.74) is 10.1. The van der Waals surface area contributed by atoms with E-state index in [2.05, 4.69) is 55.9 Å². The average molecular weight is 1160 g/mol. The fourth-order valence-electron chi connectivity index (χ4n) is 12.0. The van der Waals surface area contributed by atoms with Crippen LogP contribution in [0.4, 0.5) is 5.69 Å². The smallest absolute Gasteiger partial charge is 0.253 e. The molecular formula is C66H93N7O11. The standard InChI is InChI=1S/C66H93N7O11/c1-7-72(55-24-29-78-30-25-55)60-43-54(42-58(48(60)4)64(75)68-44-59-46(2)41-47(3)69-65(59)76)51-15-19-57(20-16-51)84-40-38-82-36-34-80-32-31-79-33-35-81-37-39-83-56-17-13-50(14-18-56)21-26-71-27-22-52-23-28-73(61(52)45-71)66(77)62(53-11-9-8-10-12-53)70-63(74)49(5)67-6/h13-20,41-43,49,53,55,62,67H,7-12,21-40,44-45H2,1-6H3,(H,68,75)(H,69,76)(H,70,74)/t49-,62?/m0/s1. The highest BCUT2D eigenvalue weighted by Gasteiger charge is 2.39. The number of aryl methyl sites for hydroxylation is 2. The highest BCUT2D eigenvalue weighted by molar-refractivity contribution is 5.99. The highest BCUT2D eigenvalue weighted by atomic mass is 16.6. The van der Waals surface area contributed by atoms with Crippen molar-refractivity contribution < 1.29 is 47.5 Å². The third-order valence-corrected chi connectivity index (χ3v) is 17.0. The topological polar surface area (TPSA) is 194 Å². The summed E-state index contributed by atoms with van der Waals surface area (Å²) in [5, 5.41) is 9.22. The predicted molar refractivity (Wildman–Crippen MR) is 327 cm³/mol. The summed E-state index contributed by atoms with van der Waals surface area (Å²) < 4.78 is 40.5. The van der Waals surface area contributed by atoms with E-state index in [0.717, 1.165) is 129 Å². The largest absolute Gasteiger partial charge is 0.491 e. The average Bonchev–Trinajstić information content (AvgIpc) is 3.09. The van der Waals surface area contributed by atoms with Crippen molar-refractivity contribution in [2.45, 2.75) is 123 Å². The van der Waals surface area contributed by atoms with Crippen LogP contribution in [0.3, 0.4) is 0 Å². The summed E-state index contributed by atoms with van der Waals surface area (Å²) in [6.45, 7) is 19.8. The Morgan fingerprint density at radius 3 is 1.96 bits per heavy atom. The van der Waals surface area contributed by atoms with Gasteiger partial charge in [0.05, 0.1) is 58.9 Å². The van der Waals surface area contributed by atoms with Gasteiger partial charge in [-0.3, -0.25) is 24.1 Å². The molecule has 8 rings (SSSR count). The van der Waals surface area contributed by atoms with Crippen LogP contribution in [0.1, 0.15) is 110 Å². The van der Waals surface area contributed by atoms with Crippen molar-refractivity contribution in [3.8, 4) is 22.6 Å². The van der Waals surface area contributed by atoms with Crippen LogP contribution in [-0.4, -0.2) is 170 Å². The maximum Gasteiger partial charge on any atom is 0.253 e. The highest BCUT2D eigenvalue weighted by Crippen LogP contribution is 2.36. The van der Waals surface area contributed by atoms with Crippen LogP contribution in [0.25, 0.3) is 11.1 Å². The van der Waals surface area contributed by atoms with Gasteiger partial charge in [0, 0.05) is 86.7 Å². The second-order valence-corrected chi connectivity index (χ2v) is 22.7. The summed E-state index contributed by atoms with van der Waals surface area (Å²) in [6, 6.07) is 21.7. The van der Waals surface area contributed by atoms with E-state index in [-0.39, 0.29) is 41.8 Å². The Morgan fingerprint density at radius 2 is 1.36 bits per heavy atom. The molecule has 18 heteroatoms. The molecule has 0 spiro atoms. The number of anilines is 1. The van der Waals surface area contributed by atoms with Crippen LogP contribution in [-0.2, 0) is 46.2 Å². The van der Waals surface area contributed by atoms with Gasteiger partial charge in [-0.2, -0.15) is 0 Å². The lowest BCUT2D eigenvalue weighted by Gasteiger charge is -2.37. The van der Waals surface area contributed by atoms with Crippen LogP contribution in [0.2, 0.25) is 0 Å². The van der Waals surface area contributed by atoms with Crippen molar-refractivity contribution >= 4 is 23.4 Å². The van der Waals surface area contributed by atoms with Crippen LogP contribution in [0.15, 0.2) is 82.8 Å². The third kappa shape index (κ3) is 18.2. The first kappa shape index (κ1) is 63.9. The molecule has 1 aromatic heterocycles. The van der Waals surface area contributed by atoms with Gasteiger partial charge in [0.2, 0.25) is 11.8 Å². The summed E-state index contributed by atoms with van der Waals surface area (Å²) in [4.78, 5) is 63.6. The predicted octanol–water partition coefficient (Wildman–Crippen LogP) is 7.83. The summed E-state index contributed by atoms with van der Waals surface area (Å²) in [7, 11) is 1.77. The minimum absolute atomic E-state index is 0.0642. The van der Waals surface area contributed by atoms with Crippen LogP contribution in [0, 0.1) is 26.7 Å². The number of hydrogen-bond donors (Lipinski definition) is 4. The van der Waals surface area contributed by atoms with Crippen molar-refractivity contribution in [2.24, 2.45) is 5.92 Å². The lowest BCUT2D eigenvalue weighted by molar-refractivity contribution is -0.137. The molecule has 4 N–H and O–H groups in total. The van der Waals surface area contributed by atoms with E-state index in [4.69, 9.17) is 33.2 Å². The number of nitrogens with zero attached hydrogens (tertiary/aromatic N) is 3.